The van der Waals surface area contributed by atoms with E-state index in [0.717, 1.165) is 42.9 Å². The molecule has 0 aliphatic carbocycles. The van der Waals surface area contributed by atoms with Gasteiger partial charge in [0.05, 0.1) is 6.61 Å². The van der Waals surface area contributed by atoms with E-state index in [-0.39, 0.29) is 13.2 Å². The van der Waals surface area contributed by atoms with E-state index in [4.69, 9.17) is 10.2 Å². The van der Waals surface area contributed by atoms with Crippen molar-refractivity contribution in [2.45, 2.75) is 32.8 Å². The summed E-state index contributed by atoms with van der Waals surface area (Å²) in [6, 6.07) is 3.85. The van der Waals surface area contributed by atoms with Gasteiger partial charge < -0.3 is 15.1 Å². The Bertz CT molecular complexity index is 342. The summed E-state index contributed by atoms with van der Waals surface area (Å²) in [5.74, 6) is 0.934. The lowest BCUT2D eigenvalue weighted by Gasteiger charge is -2.19. The highest BCUT2D eigenvalue weighted by molar-refractivity contribution is 5.40. The summed E-state index contributed by atoms with van der Waals surface area (Å²) in [4.78, 5) is 6.56. The number of nitrogens with zero attached hydrogens (tertiary/aromatic N) is 2. The van der Waals surface area contributed by atoms with Gasteiger partial charge in [-0.25, -0.2) is 4.98 Å². The van der Waals surface area contributed by atoms with Crippen LogP contribution in [-0.2, 0) is 6.61 Å². The third-order valence-corrected chi connectivity index (χ3v) is 2.89. The average molecular weight is 238 g/mol. The first kappa shape index (κ1) is 13.9. The fourth-order valence-corrected chi connectivity index (χ4v) is 1.71. The second-order valence-electron chi connectivity index (χ2n) is 4.28. The summed E-state index contributed by atoms with van der Waals surface area (Å²) in [6.45, 7) is 3.16. The third-order valence-electron chi connectivity index (χ3n) is 2.89. The molecule has 1 aromatic heterocycles. The summed E-state index contributed by atoms with van der Waals surface area (Å²) < 4.78 is 0. The Morgan fingerprint density at radius 2 is 1.94 bits per heavy atom. The maximum Gasteiger partial charge on any atom is 0.128 e. The van der Waals surface area contributed by atoms with E-state index >= 15 is 0 Å². The molecular weight excluding hydrogens is 216 g/mol. The number of aliphatic hydroxyl groups is 2. The number of aliphatic hydroxyl groups excluding tert-OH is 2. The van der Waals surface area contributed by atoms with Gasteiger partial charge in [0.25, 0.3) is 0 Å². The molecule has 0 saturated heterocycles. The second kappa shape index (κ2) is 7.25. The van der Waals surface area contributed by atoms with Gasteiger partial charge in [-0.2, -0.15) is 0 Å². The molecule has 0 bridgehead atoms. The number of aromatic nitrogens is 1. The summed E-state index contributed by atoms with van der Waals surface area (Å²) in [5.41, 5.74) is 1.76. The van der Waals surface area contributed by atoms with Gasteiger partial charge >= 0.3 is 0 Å². The van der Waals surface area contributed by atoms with Crippen LogP contribution in [-0.4, -0.2) is 35.4 Å². The zero-order valence-electron chi connectivity index (χ0n) is 10.7. The number of anilines is 1. The van der Waals surface area contributed by atoms with Gasteiger partial charge in [-0.3, -0.25) is 0 Å². The Labute approximate surface area is 103 Å². The fourth-order valence-electron chi connectivity index (χ4n) is 1.71. The number of hydrogen-bond donors (Lipinski definition) is 2. The Balaban J connectivity index is 2.51. The Morgan fingerprint density at radius 1 is 1.18 bits per heavy atom. The van der Waals surface area contributed by atoms with Crippen molar-refractivity contribution in [3.8, 4) is 0 Å². The molecule has 2 N–H and O–H groups in total. The van der Waals surface area contributed by atoms with E-state index in [2.05, 4.69) is 9.88 Å². The van der Waals surface area contributed by atoms with E-state index in [0.29, 0.717) is 0 Å². The molecule has 0 aromatic carbocycles. The first-order valence-electron chi connectivity index (χ1n) is 6.08. The molecule has 1 heterocycles. The van der Waals surface area contributed by atoms with Gasteiger partial charge in [0.2, 0.25) is 0 Å². The van der Waals surface area contributed by atoms with Crippen molar-refractivity contribution in [2.24, 2.45) is 0 Å². The van der Waals surface area contributed by atoms with Crippen molar-refractivity contribution in [1.82, 2.24) is 4.98 Å². The van der Waals surface area contributed by atoms with E-state index in [1.165, 1.54) is 0 Å². The van der Waals surface area contributed by atoms with Gasteiger partial charge in [-0.05, 0) is 37.8 Å². The molecule has 0 radical (unpaired) electrons. The summed E-state index contributed by atoms with van der Waals surface area (Å²) >= 11 is 0. The van der Waals surface area contributed by atoms with Gasteiger partial charge in [0.1, 0.15) is 5.82 Å². The molecule has 4 heteroatoms. The average Bonchev–Trinajstić information content (AvgIpc) is 2.34. The molecule has 0 saturated carbocycles. The number of pyridine rings is 1. The lowest BCUT2D eigenvalue weighted by molar-refractivity contribution is 0.280. The molecular formula is C13H22N2O2. The number of aryl methyl sites for hydroxylation is 1. The molecule has 1 aromatic rings. The molecule has 0 aliphatic rings. The minimum absolute atomic E-state index is 0.0410. The van der Waals surface area contributed by atoms with Gasteiger partial charge in [0.15, 0.2) is 0 Å². The minimum Gasteiger partial charge on any atom is -0.396 e. The molecule has 4 nitrogen and oxygen atoms in total. The quantitative estimate of drug-likeness (QED) is 0.706. The Kier molecular flexibility index (Phi) is 5.94. The first-order valence-corrected chi connectivity index (χ1v) is 6.08. The van der Waals surface area contributed by atoms with Crippen LogP contribution < -0.4 is 4.90 Å². The highest BCUT2D eigenvalue weighted by atomic mass is 16.3. The maximum atomic E-state index is 9.07. The van der Waals surface area contributed by atoms with Crippen LogP contribution in [0.3, 0.4) is 0 Å². The SMILES string of the molecule is Cc1nc(N(C)CCCCCO)ccc1CO. The zero-order valence-corrected chi connectivity index (χ0v) is 10.7. The largest absolute Gasteiger partial charge is 0.396 e. The van der Waals surface area contributed by atoms with E-state index in [1.807, 2.05) is 26.1 Å². The molecule has 0 fully saturated rings. The van der Waals surface area contributed by atoms with Crippen LogP contribution in [0, 0.1) is 6.92 Å². The topological polar surface area (TPSA) is 56.6 Å². The van der Waals surface area contributed by atoms with E-state index < -0.39 is 0 Å². The van der Waals surface area contributed by atoms with Crippen molar-refractivity contribution < 1.29 is 10.2 Å². The summed E-state index contributed by atoms with van der Waals surface area (Å²) in [7, 11) is 2.01. The molecule has 1 rings (SSSR count). The highest BCUT2D eigenvalue weighted by Crippen LogP contribution is 2.14. The van der Waals surface area contributed by atoms with E-state index in [1.54, 1.807) is 0 Å². The van der Waals surface area contributed by atoms with Gasteiger partial charge in [-0.15, -0.1) is 0 Å². The lowest BCUT2D eigenvalue weighted by Crippen LogP contribution is -2.20. The van der Waals surface area contributed by atoms with Crippen molar-refractivity contribution in [3.63, 3.8) is 0 Å². The monoisotopic (exact) mass is 238 g/mol. The molecule has 0 amide bonds. The predicted molar refractivity (Wildman–Crippen MR) is 69.1 cm³/mol. The molecule has 96 valence electrons. The highest BCUT2D eigenvalue weighted by Gasteiger charge is 2.05. The maximum absolute atomic E-state index is 9.07. The summed E-state index contributed by atoms with van der Waals surface area (Å²) in [6.07, 6.45) is 2.96. The molecule has 0 aliphatic heterocycles. The van der Waals surface area contributed by atoms with Crippen LogP contribution in [0.25, 0.3) is 0 Å². The summed E-state index contributed by atoms with van der Waals surface area (Å²) in [5, 5.41) is 17.8. The van der Waals surface area contributed by atoms with Crippen LogP contribution in [0.1, 0.15) is 30.5 Å². The molecule has 0 unspecified atom stereocenters. The normalized spacial score (nSPS) is 10.6. The predicted octanol–water partition coefficient (Wildman–Crippen LogP) is 1.48. The minimum atomic E-state index is 0.0410. The Hall–Kier alpha value is -1.13. The lowest BCUT2D eigenvalue weighted by atomic mass is 10.2. The van der Waals surface area contributed by atoms with Crippen LogP contribution in [0.2, 0.25) is 0 Å². The molecule has 0 spiro atoms. The molecule has 0 atom stereocenters. The second-order valence-corrected chi connectivity index (χ2v) is 4.28. The Morgan fingerprint density at radius 3 is 2.53 bits per heavy atom. The number of unbranched alkanes of at least 4 members (excludes halogenated alkanes) is 2. The molecule has 17 heavy (non-hydrogen) atoms. The van der Waals surface area contributed by atoms with Crippen molar-refractivity contribution in [3.05, 3.63) is 23.4 Å². The first-order chi connectivity index (χ1) is 8.19. The van der Waals surface area contributed by atoms with Crippen molar-refractivity contribution >= 4 is 5.82 Å². The van der Waals surface area contributed by atoms with E-state index in [9.17, 15) is 0 Å². The van der Waals surface area contributed by atoms with Crippen LogP contribution in [0.15, 0.2) is 12.1 Å². The third kappa shape index (κ3) is 4.32. The number of rotatable bonds is 7. The van der Waals surface area contributed by atoms with Crippen LogP contribution >= 0.6 is 0 Å². The van der Waals surface area contributed by atoms with Crippen molar-refractivity contribution in [1.29, 1.82) is 0 Å². The fraction of sp³-hybridized carbons (Fsp3) is 0.615. The number of hydrogen-bond acceptors (Lipinski definition) is 4. The zero-order chi connectivity index (χ0) is 12.7. The van der Waals surface area contributed by atoms with Crippen molar-refractivity contribution in [2.75, 3.05) is 25.1 Å². The standard InChI is InChI=1S/C13H22N2O2/c1-11-12(10-17)6-7-13(14-11)15(2)8-4-3-5-9-16/h6-7,16-17H,3-5,8-10H2,1-2H3. The van der Waals surface area contributed by atoms with Gasteiger partial charge in [0, 0.05) is 25.9 Å². The van der Waals surface area contributed by atoms with Crippen LogP contribution in [0.5, 0.6) is 0 Å². The van der Waals surface area contributed by atoms with Crippen LogP contribution in [0.4, 0.5) is 5.82 Å². The van der Waals surface area contributed by atoms with Gasteiger partial charge in [-0.1, -0.05) is 6.07 Å². The smallest absolute Gasteiger partial charge is 0.128 e.